The highest BCUT2D eigenvalue weighted by atomic mass is 35.5. The number of hydrogen-bond acceptors (Lipinski definition) is 5. The molecule has 1 atom stereocenters. The van der Waals surface area contributed by atoms with Gasteiger partial charge in [-0.25, -0.2) is 8.42 Å². The van der Waals surface area contributed by atoms with Crippen LogP contribution in [0.25, 0.3) is 0 Å². The largest absolute Gasteiger partial charge is 0.479 e. The molecule has 30 heavy (non-hydrogen) atoms. The number of hydrogen-bond donors (Lipinski definition) is 1. The Bertz CT molecular complexity index is 1110. The fraction of sp³-hybridized carbons (Fsp3) is 0.300. The van der Waals surface area contributed by atoms with Crippen LogP contribution in [0.2, 0.25) is 5.02 Å². The van der Waals surface area contributed by atoms with Gasteiger partial charge >= 0.3 is 0 Å². The van der Waals surface area contributed by atoms with E-state index < -0.39 is 16.1 Å². The fourth-order valence-corrected chi connectivity index (χ4v) is 5.07. The molecule has 158 valence electrons. The second-order valence-corrected chi connectivity index (χ2v) is 9.49. The molecule has 2 amide bonds. The Labute approximate surface area is 179 Å². The summed E-state index contributed by atoms with van der Waals surface area (Å²) in [5, 5.41) is 3.13. The van der Waals surface area contributed by atoms with Crippen LogP contribution in [0.1, 0.15) is 17.3 Å². The van der Waals surface area contributed by atoms with Gasteiger partial charge in [-0.1, -0.05) is 17.7 Å². The number of rotatable bonds is 3. The first kappa shape index (κ1) is 20.6. The van der Waals surface area contributed by atoms with Crippen molar-refractivity contribution in [3.63, 3.8) is 0 Å². The van der Waals surface area contributed by atoms with E-state index in [0.717, 1.165) is 0 Å². The average Bonchev–Trinajstić information content (AvgIpc) is 2.74. The summed E-state index contributed by atoms with van der Waals surface area (Å²) in [7, 11) is -3.78. The van der Waals surface area contributed by atoms with Crippen molar-refractivity contribution in [3.8, 4) is 5.75 Å². The van der Waals surface area contributed by atoms with Crippen LogP contribution >= 0.6 is 11.6 Å². The highest BCUT2D eigenvalue weighted by molar-refractivity contribution is 7.89. The molecule has 0 aromatic heterocycles. The number of nitrogens with zero attached hydrogens (tertiary/aromatic N) is 2. The Kier molecular flexibility index (Phi) is 5.44. The maximum absolute atomic E-state index is 13.1. The van der Waals surface area contributed by atoms with Crippen molar-refractivity contribution in [3.05, 3.63) is 53.1 Å². The molecule has 1 N–H and O–H groups in total. The minimum atomic E-state index is -3.78. The van der Waals surface area contributed by atoms with Crippen molar-refractivity contribution in [2.24, 2.45) is 0 Å². The van der Waals surface area contributed by atoms with Gasteiger partial charge in [0.05, 0.1) is 10.6 Å². The van der Waals surface area contributed by atoms with Crippen molar-refractivity contribution in [2.75, 3.05) is 31.5 Å². The zero-order valence-electron chi connectivity index (χ0n) is 16.2. The number of halogens is 1. The summed E-state index contributed by atoms with van der Waals surface area (Å²) < 4.78 is 32.9. The number of ether oxygens (including phenoxy) is 1. The summed E-state index contributed by atoms with van der Waals surface area (Å²) in [6.07, 6.45) is -0.634. The van der Waals surface area contributed by atoms with Crippen LogP contribution in [0.15, 0.2) is 47.4 Å². The summed E-state index contributed by atoms with van der Waals surface area (Å²) in [5.41, 5.74) is 0.799. The second kappa shape index (κ2) is 7.90. The summed E-state index contributed by atoms with van der Waals surface area (Å²) in [6, 6.07) is 11.1. The van der Waals surface area contributed by atoms with Crippen molar-refractivity contribution in [1.29, 1.82) is 0 Å². The van der Waals surface area contributed by atoms with Crippen LogP contribution in [-0.2, 0) is 14.8 Å². The lowest BCUT2D eigenvalue weighted by molar-refractivity contribution is -0.122. The second-order valence-electron chi connectivity index (χ2n) is 7.11. The molecule has 0 saturated carbocycles. The fourth-order valence-electron chi connectivity index (χ4n) is 3.43. The number of carbonyl (C=O) groups excluding carboxylic acids is 2. The zero-order chi connectivity index (χ0) is 21.5. The van der Waals surface area contributed by atoms with Gasteiger partial charge in [0.15, 0.2) is 6.10 Å². The first-order valence-corrected chi connectivity index (χ1v) is 11.2. The topological polar surface area (TPSA) is 96.0 Å². The third kappa shape index (κ3) is 3.88. The van der Waals surface area contributed by atoms with Gasteiger partial charge in [-0.05, 0) is 43.3 Å². The minimum absolute atomic E-state index is 0.0642. The number of anilines is 1. The summed E-state index contributed by atoms with van der Waals surface area (Å²) >= 11 is 5.95. The van der Waals surface area contributed by atoms with E-state index in [1.54, 1.807) is 36.1 Å². The van der Waals surface area contributed by atoms with E-state index in [0.29, 0.717) is 22.0 Å². The van der Waals surface area contributed by atoms with Crippen LogP contribution < -0.4 is 10.1 Å². The van der Waals surface area contributed by atoms with Crippen molar-refractivity contribution in [1.82, 2.24) is 9.21 Å². The average molecular weight is 450 g/mol. The van der Waals surface area contributed by atoms with Crippen molar-refractivity contribution >= 4 is 39.1 Å². The van der Waals surface area contributed by atoms with Gasteiger partial charge in [-0.2, -0.15) is 4.31 Å². The van der Waals surface area contributed by atoms with Crippen LogP contribution in [0.3, 0.4) is 0 Å². The number of fused-ring (bicyclic) bond motifs is 1. The van der Waals surface area contributed by atoms with Gasteiger partial charge in [-0.15, -0.1) is 0 Å². The monoisotopic (exact) mass is 449 g/mol. The van der Waals surface area contributed by atoms with Crippen LogP contribution in [0.4, 0.5) is 5.69 Å². The molecule has 0 aliphatic carbocycles. The summed E-state index contributed by atoms with van der Waals surface area (Å²) in [5.74, 6) is -0.0829. The lowest BCUT2D eigenvalue weighted by Gasteiger charge is -2.34. The lowest BCUT2D eigenvalue weighted by Crippen LogP contribution is -2.50. The molecular formula is C20H20ClN3O5S. The Morgan fingerprint density at radius 2 is 1.87 bits per heavy atom. The highest BCUT2D eigenvalue weighted by Crippen LogP contribution is 2.33. The number of piperazine rings is 1. The maximum atomic E-state index is 13.1. The van der Waals surface area contributed by atoms with Crippen LogP contribution in [0, 0.1) is 0 Å². The molecule has 4 rings (SSSR count). The third-order valence-corrected chi connectivity index (χ3v) is 7.25. The highest BCUT2D eigenvalue weighted by Gasteiger charge is 2.32. The van der Waals surface area contributed by atoms with Crippen molar-refractivity contribution < 1.29 is 22.7 Å². The van der Waals surface area contributed by atoms with Gasteiger partial charge in [0, 0.05) is 36.8 Å². The molecule has 2 aliphatic rings. The first-order valence-electron chi connectivity index (χ1n) is 9.42. The first-order chi connectivity index (χ1) is 14.3. The molecule has 10 heteroatoms. The van der Waals surface area contributed by atoms with Gasteiger partial charge in [0.25, 0.3) is 11.8 Å². The Morgan fingerprint density at radius 1 is 1.13 bits per heavy atom. The van der Waals surface area contributed by atoms with E-state index in [1.807, 2.05) is 0 Å². The summed E-state index contributed by atoms with van der Waals surface area (Å²) in [4.78, 5) is 26.1. The number of carbonyl (C=O) groups is 2. The Hall–Kier alpha value is -2.62. The number of nitrogens with one attached hydrogen (secondary N) is 1. The minimum Gasteiger partial charge on any atom is -0.479 e. The van der Waals surface area contributed by atoms with E-state index in [1.165, 1.54) is 22.5 Å². The third-order valence-electron chi connectivity index (χ3n) is 5.12. The molecular weight excluding hydrogens is 430 g/mol. The van der Waals surface area contributed by atoms with E-state index in [4.69, 9.17) is 16.3 Å². The summed E-state index contributed by atoms with van der Waals surface area (Å²) in [6.45, 7) is 2.50. The molecule has 2 aromatic rings. The Morgan fingerprint density at radius 3 is 2.57 bits per heavy atom. The van der Waals surface area contributed by atoms with Crippen LogP contribution in [0.5, 0.6) is 5.75 Å². The molecule has 0 bridgehead atoms. The number of amides is 2. The van der Waals surface area contributed by atoms with Gasteiger partial charge in [-0.3, -0.25) is 9.59 Å². The smallest absolute Gasteiger partial charge is 0.265 e. The van der Waals surface area contributed by atoms with E-state index in [-0.39, 0.29) is 42.9 Å². The van der Waals surface area contributed by atoms with Crippen molar-refractivity contribution in [2.45, 2.75) is 17.9 Å². The Balaban J connectivity index is 1.47. The predicted molar refractivity (Wildman–Crippen MR) is 111 cm³/mol. The molecule has 2 heterocycles. The zero-order valence-corrected chi connectivity index (χ0v) is 17.7. The molecule has 0 radical (unpaired) electrons. The lowest BCUT2D eigenvalue weighted by atomic mass is 10.2. The van der Waals surface area contributed by atoms with Gasteiger partial charge in [0.1, 0.15) is 5.75 Å². The molecule has 2 aliphatic heterocycles. The maximum Gasteiger partial charge on any atom is 0.265 e. The molecule has 8 nitrogen and oxygen atoms in total. The molecule has 1 saturated heterocycles. The number of sulfonamides is 1. The molecule has 0 spiro atoms. The SMILES string of the molecule is CC1Oc2ccc(S(=O)(=O)N3CCN(C(=O)c4cccc(Cl)c4)CC3)cc2NC1=O. The molecule has 2 aromatic carbocycles. The van der Waals surface area contributed by atoms with E-state index in [9.17, 15) is 18.0 Å². The standard InChI is InChI=1S/C20H20ClN3O5S/c1-13-19(25)22-17-12-16(5-6-18(17)29-13)30(27,28)24-9-7-23(8-10-24)20(26)14-3-2-4-15(21)11-14/h2-6,11-13H,7-10H2,1H3,(H,22,25). The molecule has 1 fully saturated rings. The normalized spacial score (nSPS) is 19.6. The molecule has 1 unspecified atom stereocenters. The van der Waals surface area contributed by atoms with Gasteiger partial charge < -0.3 is 15.0 Å². The van der Waals surface area contributed by atoms with E-state index in [2.05, 4.69) is 5.32 Å². The van der Waals surface area contributed by atoms with Crippen LogP contribution in [-0.4, -0.2) is 61.7 Å². The number of benzene rings is 2. The van der Waals surface area contributed by atoms with Gasteiger partial charge in [0.2, 0.25) is 10.0 Å². The van der Waals surface area contributed by atoms with E-state index >= 15 is 0 Å². The predicted octanol–water partition coefficient (Wildman–Crippen LogP) is 2.21. The quantitative estimate of drug-likeness (QED) is 0.775.